The summed E-state index contributed by atoms with van der Waals surface area (Å²) in [5.41, 5.74) is 16.8. The molecule has 0 heteroatoms. The third-order valence-corrected chi connectivity index (χ3v) is 12.5. The predicted octanol–water partition coefficient (Wildman–Crippen LogP) is 17.2. The van der Waals surface area contributed by atoms with E-state index in [2.05, 4.69) is 173 Å². The summed E-state index contributed by atoms with van der Waals surface area (Å²) in [6.45, 7) is 9.27. The van der Waals surface area contributed by atoms with E-state index >= 15 is 0 Å². The third kappa shape index (κ3) is 7.51. The minimum atomic E-state index is 1.06. The lowest BCUT2D eigenvalue weighted by atomic mass is 9.75. The maximum absolute atomic E-state index is 2.43. The SMILES string of the molecule is CCCCc1ccccc1-c1c2ccccc2c(-c2ccccc2CCCC)c2c(-c3ccccc3CCCC)c3ccccc3c(-c3ccccc3CCCC)c12. The van der Waals surface area contributed by atoms with Gasteiger partial charge in [-0.3, -0.25) is 0 Å². The summed E-state index contributed by atoms with van der Waals surface area (Å²) < 4.78 is 0. The number of hydrogen-bond acceptors (Lipinski definition) is 0. The minimum Gasteiger partial charge on any atom is -0.0654 e. The van der Waals surface area contributed by atoms with Crippen molar-refractivity contribution in [2.75, 3.05) is 0 Å². The van der Waals surface area contributed by atoms with E-state index < -0.39 is 0 Å². The van der Waals surface area contributed by atoms with Gasteiger partial charge in [0.05, 0.1) is 0 Å². The fourth-order valence-corrected chi connectivity index (χ4v) is 9.64. The zero-order chi connectivity index (χ0) is 39.8. The van der Waals surface area contributed by atoms with Crippen molar-refractivity contribution in [3.63, 3.8) is 0 Å². The molecule has 0 N–H and O–H groups in total. The van der Waals surface area contributed by atoms with E-state index in [4.69, 9.17) is 0 Å². The molecule has 0 atom stereocenters. The molecular weight excluding hydrogens is 697 g/mol. The van der Waals surface area contributed by atoms with Crippen LogP contribution in [0.15, 0.2) is 146 Å². The zero-order valence-corrected chi connectivity index (χ0v) is 35.3. The van der Waals surface area contributed by atoms with Crippen LogP contribution in [0.2, 0.25) is 0 Å². The van der Waals surface area contributed by atoms with Crippen LogP contribution >= 0.6 is 0 Å². The second kappa shape index (κ2) is 18.4. The van der Waals surface area contributed by atoms with Gasteiger partial charge < -0.3 is 0 Å². The summed E-state index contributed by atoms with van der Waals surface area (Å²) in [4.78, 5) is 0. The van der Waals surface area contributed by atoms with Crippen LogP contribution in [0.1, 0.15) is 101 Å². The van der Waals surface area contributed by atoms with Gasteiger partial charge in [0.2, 0.25) is 0 Å². The van der Waals surface area contributed by atoms with E-state index in [1.54, 1.807) is 0 Å². The Balaban J connectivity index is 1.72. The lowest BCUT2D eigenvalue weighted by Crippen LogP contribution is -2.02. The molecule has 292 valence electrons. The highest BCUT2D eigenvalue weighted by Crippen LogP contribution is 2.55. The quantitative estimate of drug-likeness (QED) is 0.0862. The third-order valence-electron chi connectivity index (χ3n) is 12.5. The Kier molecular flexibility index (Phi) is 12.5. The fourth-order valence-electron chi connectivity index (χ4n) is 9.64. The average Bonchev–Trinajstić information content (AvgIpc) is 3.28. The molecule has 0 heterocycles. The first-order valence-corrected chi connectivity index (χ1v) is 22.5. The van der Waals surface area contributed by atoms with Gasteiger partial charge in [0.1, 0.15) is 0 Å². The number of hydrogen-bond donors (Lipinski definition) is 0. The van der Waals surface area contributed by atoms with Crippen LogP contribution < -0.4 is 0 Å². The number of benzene rings is 8. The maximum atomic E-state index is 2.43. The molecule has 0 unspecified atom stereocenters. The largest absolute Gasteiger partial charge is 0.0654 e. The van der Waals surface area contributed by atoms with E-state index in [0.29, 0.717) is 0 Å². The highest BCUT2D eigenvalue weighted by Gasteiger charge is 2.28. The molecule has 58 heavy (non-hydrogen) atoms. The molecule has 8 rings (SSSR count). The van der Waals surface area contributed by atoms with Crippen LogP contribution in [0.5, 0.6) is 0 Å². The molecule has 0 saturated carbocycles. The molecule has 0 nitrogen and oxygen atoms in total. The number of rotatable bonds is 16. The van der Waals surface area contributed by atoms with Gasteiger partial charge >= 0.3 is 0 Å². The Bertz CT molecular complexity index is 2310. The van der Waals surface area contributed by atoms with Crippen molar-refractivity contribution in [2.45, 2.75) is 105 Å². The Labute approximate surface area is 348 Å². The fraction of sp³-hybridized carbons (Fsp3) is 0.276. The van der Waals surface area contributed by atoms with Crippen molar-refractivity contribution < 1.29 is 0 Å². The van der Waals surface area contributed by atoms with Gasteiger partial charge in [-0.1, -0.05) is 199 Å². The molecule has 0 saturated heterocycles. The van der Waals surface area contributed by atoms with Gasteiger partial charge in [0, 0.05) is 0 Å². The number of aryl methyl sites for hydroxylation is 4. The smallest absolute Gasteiger partial charge is 0.000118 e. The van der Waals surface area contributed by atoms with Crippen molar-refractivity contribution in [3.8, 4) is 44.5 Å². The Morgan fingerprint density at radius 1 is 0.259 bits per heavy atom. The highest BCUT2D eigenvalue weighted by atomic mass is 14.3. The van der Waals surface area contributed by atoms with Crippen LogP contribution in [-0.4, -0.2) is 0 Å². The summed E-state index contributed by atoms with van der Waals surface area (Å²) >= 11 is 0. The monoisotopic (exact) mass is 756 g/mol. The second-order valence-corrected chi connectivity index (χ2v) is 16.4. The number of fused-ring (bicyclic) bond motifs is 3. The second-order valence-electron chi connectivity index (χ2n) is 16.4. The maximum Gasteiger partial charge on any atom is -0.000118 e. The van der Waals surface area contributed by atoms with E-state index in [9.17, 15) is 0 Å². The van der Waals surface area contributed by atoms with Gasteiger partial charge in [-0.15, -0.1) is 0 Å². The van der Waals surface area contributed by atoms with Gasteiger partial charge in [-0.2, -0.15) is 0 Å². The van der Waals surface area contributed by atoms with Crippen molar-refractivity contribution >= 4 is 32.3 Å². The van der Waals surface area contributed by atoms with E-state index in [-0.39, 0.29) is 0 Å². The molecule has 0 amide bonds. The van der Waals surface area contributed by atoms with Crippen LogP contribution in [0.3, 0.4) is 0 Å². The van der Waals surface area contributed by atoms with Crippen LogP contribution in [0.25, 0.3) is 76.8 Å². The molecule has 0 aliphatic carbocycles. The summed E-state index contributed by atoms with van der Waals surface area (Å²) in [6.07, 6.45) is 13.6. The molecular formula is C58H60. The molecule has 0 radical (unpaired) electrons. The molecule has 0 aromatic heterocycles. The van der Waals surface area contributed by atoms with Crippen molar-refractivity contribution in [2.24, 2.45) is 0 Å². The molecule has 0 aliphatic rings. The van der Waals surface area contributed by atoms with Crippen LogP contribution in [0, 0.1) is 0 Å². The van der Waals surface area contributed by atoms with Crippen molar-refractivity contribution in [1.29, 1.82) is 0 Å². The van der Waals surface area contributed by atoms with E-state index in [1.165, 1.54) is 150 Å². The first-order valence-electron chi connectivity index (χ1n) is 22.5. The van der Waals surface area contributed by atoms with Gasteiger partial charge in [0.15, 0.2) is 0 Å². The lowest BCUT2D eigenvalue weighted by molar-refractivity contribution is 0.796. The van der Waals surface area contributed by atoms with Crippen LogP contribution in [-0.2, 0) is 25.7 Å². The van der Waals surface area contributed by atoms with Gasteiger partial charge in [0.25, 0.3) is 0 Å². The zero-order valence-electron chi connectivity index (χ0n) is 35.3. The van der Waals surface area contributed by atoms with Crippen LogP contribution in [0.4, 0.5) is 0 Å². The summed E-state index contributed by atoms with van der Waals surface area (Å²) in [7, 11) is 0. The molecule has 8 aromatic rings. The molecule has 0 spiro atoms. The first-order chi connectivity index (χ1) is 28.7. The molecule has 8 aromatic carbocycles. The predicted molar refractivity (Wildman–Crippen MR) is 255 cm³/mol. The standard InChI is InChI=1S/C58H60/c1-5-9-25-41-29-13-17-33-45(41)53-49-37-21-22-38-50(49)55(47-35-19-15-31-43(47)27-11-7-3)58-56(48-36-20-16-32-44(48)28-12-8-4)52-40-24-23-39-51(52)54(57(53)58)46-34-18-14-30-42(46)26-10-6-2/h13-24,29-40H,5-12,25-28H2,1-4H3. The summed E-state index contributed by atoms with van der Waals surface area (Å²) in [5, 5.41) is 8.15. The highest BCUT2D eigenvalue weighted by molar-refractivity contribution is 6.34. The Morgan fingerprint density at radius 2 is 0.466 bits per heavy atom. The lowest BCUT2D eigenvalue weighted by Gasteiger charge is -2.28. The average molecular weight is 757 g/mol. The van der Waals surface area contributed by atoms with Crippen molar-refractivity contribution in [3.05, 3.63) is 168 Å². The van der Waals surface area contributed by atoms with E-state index in [0.717, 1.165) is 25.7 Å². The van der Waals surface area contributed by atoms with Gasteiger partial charge in [-0.05, 0) is 150 Å². The molecule has 0 aliphatic heterocycles. The first kappa shape index (κ1) is 39.4. The normalized spacial score (nSPS) is 11.6. The summed E-state index contributed by atoms with van der Waals surface area (Å²) in [5.74, 6) is 0. The molecule has 0 bridgehead atoms. The summed E-state index contributed by atoms with van der Waals surface area (Å²) in [6, 6.07) is 56.2. The van der Waals surface area contributed by atoms with Crippen molar-refractivity contribution in [1.82, 2.24) is 0 Å². The van der Waals surface area contributed by atoms with E-state index in [1.807, 2.05) is 0 Å². The van der Waals surface area contributed by atoms with Gasteiger partial charge in [-0.25, -0.2) is 0 Å². The Morgan fingerprint density at radius 3 is 0.690 bits per heavy atom. The Hall–Kier alpha value is -5.46. The molecule has 0 fully saturated rings. The minimum absolute atomic E-state index is 1.06. The topological polar surface area (TPSA) is 0 Å². The number of unbranched alkanes of at least 4 members (excludes halogenated alkanes) is 4.